The Bertz CT molecular complexity index is 221. The number of likely N-dealkylation sites (N-methyl/N-ethyl adjacent to an activating group) is 2. The summed E-state index contributed by atoms with van der Waals surface area (Å²) in [5.74, 6) is -0.708. The van der Waals surface area contributed by atoms with Crippen LogP contribution < -0.4 is 0 Å². The summed E-state index contributed by atoms with van der Waals surface area (Å²) >= 11 is 0. The van der Waals surface area contributed by atoms with E-state index in [4.69, 9.17) is 5.11 Å². The summed E-state index contributed by atoms with van der Waals surface area (Å²) < 4.78 is 0. The fourth-order valence-electron chi connectivity index (χ4n) is 2.34. The Kier molecular flexibility index (Phi) is 4.54. The van der Waals surface area contributed by atoms with Crippen LogP contribution in [0.15, 0.2) is 0 Å². The summed E-state index contributed by atoms with van der Waals surface area (Å²) in [6, 6.07) is 0.197. The molecule has 0 bridgehead atoms. The van der Waals surface area contributed by atoms with Gasteiger partial charge in [-0.05, 0) is 39.9 Å². The maximum atomic E-state index is 11.0. The van der Waals surface area contributed by atoms with Gasteiger partial charge in [0, 0.05) is 12.6 Å². The lowest BCUT2D eigenvalue weighted by Crippen LogP contribution is -2.44. The van der Waals surface area contributed by atoms with Gasteiger partial charge in [0.05, 0.1) is 0 Å². The Morgan fingerprint density at radius 2 is 2.33 bits per heavy atom. The molecule has 1 aliphatic heterocycles. The maximum Gasteiger partial charge on any atom is 0.320 e. The van der Waals surface area contributed by atoms with Crippen LogP contribution in [0, 0.1) is 0 Å². The zero-order valence-corrected chi connectivity index (χ0v) is 9.94. The summed E-state index contributed by atoms with van der Waals surface area (Å²) in [7, 11) is 4.03. The molecule has 0 spiro atoms. The lowest BCUT2D eigenvalue weighted by Gasteiger charge is -2.29. The van der Waals surface area contributed by atoms with E-state index in [1.54, 1.807) is 0 Å². The Balaban J connectivity index is 2.45. The van der Waals surface area contributed by atoms with Crippen LogP contribution in [-0.2, 0) is 4.79 Å². The SMILES string of the molecule is CCC(C(=O)O)N(C)CC1CCCN1C. The van der Waals surface area contributed by atoms with Gasteiger partial charge in [-0.2, -0.15) is 0 Å². The minimum absolute atomic E-state index is 0.334. The first kappa shape index (κ1) is 12.5. The standard InChI is InChI=1S/C11H22N2O2/c1-4-10(11(14)15)13(3)8-9-6-5-7-12(9)2/h9-10H,4-8H2,1-3H3,(H,14,15). The summed E-state index contributed by atoms with van der Waals surface area (Å²) in [4.78, 5) is 15.3. The molecule has 4 nitrogen and oxygen atoms in total. The summed E-state index contributed by atoms with van der Waals surface area (Å²) in [6.07, 6.45) is 3.10. The van der Waals surface area contributed by atoms with E-state index in [1.807, 2.05) is 18.9 Å². The highest BCUT2D eigenvalue weighted by atomic mass is 16.4. The minimum Gasteiger partial charge on any atom is -0.480 e. The molecular formula is C11H22N2O2. The molecule has 1 saturated heterocycles. The zero-order valence-electron chi connectivity index (χ0n) is 9.94. The van der Waals surface area contributed by atoms with Crippen LogP contribution in [0.5, 0.6) is 0 Å². The van der Waals surface area contributed by atoms with Crippen LogP contribution in [0.1, 0.15) is 26.2 Å². The average Bonchev–Trinajstić information content (AvgIpc) is 2.52. The van der Waals surface area contributed by atoms with Gasteiger partial charge in [-0.3, -0.25) is 9.69 Å². The lowest BCUT2D eigenvalue weighted by atomic mass is 10.1. The smallest absolute Gasteiger partial charge is 0.320 e. The fourth-order valence-corrected chi connectivity index (χ4v) is 2.34. The van der Waals surface area contributed by atoms with Crippen LogP contribution in [0.4, 0.5) is 0 Å². The molecule has 0 aromatic heterocycles. The van der Waals surface area contributed by atoms with E-state index in [0.29, 0.717) is 12.5 Å². The average molecular weight is 214 g/mol. The number of carboxylic acids is 1. The highest BCUT2D eigenvalue weighted by Crippen LogP contribution is 2.16. The van der Waals surface area contributed by atoms with Crippen LogP contribution in [0.2, 0.25) is 0 Å². The van der Waals surface area contributed by atoms with Crippen molar-refractivity contribution in [1.29, 1.82) is 0 Å². The Hall–Kier alpha value is -0.610. The molecule has 0 aromatic rings. The van der Waals surface area contributed by atoms with Crippen molar-refractivity contribution in [2.45, 2.75) is 38.3 Å². The van der Waals surface area contributed by atoms with Crippen molar-refractivity contribution < 1.29 is 9.90 Å². The van der Waals surface area contributed by atoms with Crippen molar-refractivity contribution in [2.24, 2.45) is 0 Å². The Labute approximate surface area is 91.9 Å². The van der Waals surface area contributed by atoms with Gasteiger partial charge >= 0.3 is 5.97 Å². The first-order valence-electron chi connectivity index (χ1n) is 5.69. The third-order valence-electron chi connectivity index (χ3n) is 3.37. The van der Waals surface area contributed by atoms with Gasteiger partial charge in [-0.1, -0.05) is 6.92 Å². The predicted molar refractivity (Wildman–Crippen MR) is 60.0 cm³/mol. The maximum absolute atomic E-state index is 11.0. The van der Waals surface area contributed by atoms with Gasteiger partial charge in [-0.15, -0.1) is 0 Å². The van der Waals surface area contributed by atoms with E-state index in [2.05, 4.69) is 11.9 Å². The number of rotatable bonds is 5. The van der Waals surface area contributed by atoms with Gasteiger partial charge in [0.2, 0.25) is 0 Å². The van der Waals surface area contributed by atoms with Gasteiger partial charge < -0.3 is 10.0 Å². The van der Waals surface area contributed by atoms with Crippen molar-refractivity contribution in [3.05, 3.63) is 0 Å². The third-order valence-corrected chi connectivity index (χ3v) is 3.37. The van der Waals surface area contributed by atoms with E-state index in [1.165, 1.54) is 12.8 Å². The van der Waals surface area contributed by atoms with E-state index < -0.39 is 5.97 Å². The molecule has 1 N–H and O–H groups in total. The topological polar surface area (TPSA) is 43.8 Å². The second kappa shape index (κ2) is 5.47. The fraction of sp³-hybridized carbons (Fsp3) is 0.909. The molecule has 4 heteroatoms. The number of likely N-dealkylation sites (tertiary alicyclic amines) is 1. The normalized spacial score (nSPS) is 24.7. The number of nitrogens with zero attached hydrogens (tertiary/aromatic N) is 2. The van der Waals surface area contributed by atoms with Crippen molar-refractivity contribution in [2.75, 3.05) is 27.2 Å². The monoisotopic (exact) mass is 214 g/mol. The second-order valence-corrected chi connectivity index (χ2v) is 4.48. The second-order valence-electron chi connectivity index (χ2n) is 4.48. The van der Waals surface area contributed by atoms with Gasteiger partial charge in [-0.25, -0.2) is 0 Å². The van der Waals surface area contributed by atoms with Gasteiger partial charge in [0.15, 0.2) is 0 Å². The minimum atomic E-state index is -0.708. The van der Waals surface area contributed by atoms with Crippen LogP contribution in [0.3, 0.4) is 0 Å². The molecule has 0 saturated carbocycles. The molecule has 2 unspecified atom stereocenters. The summed E-state index contributed by atoms with van der Waals surface area (Å²) in [5.41, 5.74) is 0. The summed E-state index contributed by atoms with van der Waals surface area (Å²) in [6.45, 7) is 3.93. The van der Waals surface area contributed by atoms with E-state index in [0.717, 1.165) is 13.1 Å². The molecule has 1 aliphatic rings. The number of hydrogen-bond acceptors (Lipinski definition) is 3. The van der Waals surface area contributed by atoms with Gasteiger partial charge in [0.1, 0.15) is 6.04 Å². The molecule has 1 rings (SSSR count). The lowest BCUT2D eigenvalue weighted by molar-refractivity contribution is -0.143. The molecule has 0 radical (unpaired) electrons. The Morgan fingerprint density at radius 1 is 1.67 bits per heavy atom. The molecule has 1 heterocycles. The van der Waals surface area contributed by atoms with Crippen molar-refractivity contribution in [3.63, 3.8) is 0 Å². The van der Waals surface area contributed by atoms with Crippen LogP contribution >= 0.6 is 0 Å². The van der Waals surface area contributed by atoms with Crippen molar-refractivity contribution >= 4 is 5.97 Å². The first-order valence-corrected chi connectivity index (χ1v) is 5.69. The van der Waals surface area contributed by atoms with Crippen LogP contribution in [0.25, 0.3) is 0 Å². The predicted octanol–water partition coefficient (Wildman–Crippen LogP) is 0.876. The first-order chi connectivity index (χ1) is 7.06. The molecule has 0 aliphatic carbocycles. The quantitative estimate of drug-likeness (QED) is 0.737. The number of carboxylic acid groups (broad SMARTS) is 1. The van der Waals surface area contributed by atoms with Crippen molar-refractivity contribution in [3.8, 4) is 0 Å². The number of carbonyl (C=O) groups is 1. The molecule has 15 heavy (non-hydrogen) atoms. The largest absolute Gasteiger partial charge is 0.480 e. The highest BCUT2D eigenvalue weighted by Gasteiger charge is 2.27. The molecule has 0 amide bonds. The number of aliphatic carboxylic acids is 1. The summed E-state index contributed by atoms with van der Waals surface area (Å²) in [5, 5.41) is 9.03. The van der Waals surface area contributed by atoms with Gasteiger partial charge in [0.25, 0.3) is 0 Å². The molecule has 2 atom stereocenters. The van der Waals surface area contributed by atoms with E-state index in [-0.39, 0.29) is 6.04 Å². The molecular weight excluding hydrogens is 192 g/mol. The zero-order chi connectivity index (χ0) is 11.4. The Morgan fingerprint density at radius 3 is 2.73 bits per heavy atom. The molecule has 1 fully saturated rings. The molecule has 0 aromatic carbocycles. The van der Waals surface area contributed by atoms with Crippen LogP contribution in [-0.4, -0.2) is 60.1 Å². The van der Waals surface area contributed by atoms with Crippen molar-refractivity contribution in [1.82, 2.24) is 9.80 Å². The number of hydrogen-bond donors (Lipinski definition) is 1. The molecule has 88 valence electrons. The third kappa shape index (κ3) is 3.18. The highest BCUT2D eigenvalue weighted by molar-refractivity contribution is 5.73. The van der Waals surface area contributed by atoms with E-state index >= 15 is 0 Å². The van der Waals surface area contributed by atoms with E-state index in [9.17, 15) is 4.79 Å².